The summed E-state index contributed by atoms with van der Waals surface area (Å²) >= 11 is 1.53. The van der Waals surface area contributed by atoms with Gasteiger partial charge >= 0.3 is 0 Å². The molecule has 2 atom stereocenters. The molecule has 6 heteroatoms. The van der Waals surface area contributed by atoms with Gasteiger partial charge in [-0.2, -0.15) is 0 Å². The molecular weight excluding hydrogens is 310 g/mol. The van der Waals surface area contributed by atoms with E-state index in [1.807, 2.05) is 31.2 Å². The molecule has 23 heavy (non-hydrogen) atoms. The Bertz CT molecular complexity index is 527. The van der Waals surface area contributed by atoms with Crippen LogP contribution < -0.4 is 16.0 Å². The number of benzene rings is 1. The second-order valence-electron chi connectivity index (χ2n) is 5.92. The zero-order valence-corrected chi connectivity index (χ0v) is 14.5. The molecule has 2 amide bonds. The van der Waals surface area contributed by atoms with E-state index in [1.54, 1.807) is 0 Å². The van der Waals surface area contributed by atoms with Gasteiger partial charge in [0.25, 0.3) is 0 Å². The molecule has 0 bridgehead atoms. The van der Waals surface area contributed by atoms with Crippen molar-refractivity contribution in [3.05, 3.63) is 24.3 Å². The monoisotopic (exact) mass is 335 g/mol. The van der Waals surface area contributed by atoms with Crippen LogP contribution in [0.15, 0.2) is 29.2 Å². The second-order valence-corrected chi connectivity index (χ2v) is 7.34. The van der Waals surface area contributed by atoms with Gasteiger partial charge in [0, 0.05) is 24.1 Å². The Morgan fingerprint density at radius 1 is 1.35 bits per heavy atom. The lowest BCUT2D eigenvalue weighted by atomic mass is 10.00. The van der Waals surface area contributed by atoms with Gasteiger partial charge in [0.1, 0.15) is 0 Å². The van der Waals surface area contributed by atoms with Gasteiger partial charge in [0.05, 0.1) is 5.25 Å². The van der Waals surface area contributed by atoms with E-state index >= 15 is 0 Å². The van der Waals surface area contributed by atoms with Crippen LogP contribution in [0.3, 0.4) is 0 Å². The first-order valence-corrected chi connectivity index (χ1v) is 8.95. The largest absolute Gasteiger partial charge is 0.355 e. The smallest absolute Gasteiger partial charge is 0.233 e. The second kappa shape index (κ2) is 8.93. The maximum atomic E-state index is 12.2. The van der Waals surface area contributed by atoms with Crippen LogP contribution in [-0.2, 0) is 9.59 Å². The van der Waals surface area contributed by atoms with Gasteiger partial charge < -0.3 is 16.0 Å². The Hall–Kier alpha value is -1.53. The van der Waals surface area contributed by atoms with Gasteiger partial charge in [-0.05, 0) is 63.0 Å². The summed E-state index contributed by atoms with van der Waals surface area (Å²) < 4.78 is 0. The van der Waals surface area contributed by atoms with Crippen LogP contribution in [-0.4, -0.2) is 36.7 Å². The topological polar surface area (TPSA) is 70.2 Å². The highest BCUT2D eigenvalue weighted by Gasteiger charge is 2.17. The van der Waals surface area contributed by atoms with Gasteiger partial charge in [-0.3, -0.25) is 9.59 Å². The predicted octanol–water partition coefficient (Wildman–Crippen LogP) is 2.24. The molecule has 0 aliphatic carbocycles. The van der Waals surface area contributed by atoms with Crippen LogP contribution in [0.4, 0.5) is 5.69 Å². The third-order valence-electron chi connectivity index (χ3n) is 3.82. The summed E-state index contributed by atoms with van der Waals surface area (Å²) in [4.78, 5) is 24.2. The third-order valence-corrected chi connectivity index (χ3v) is 4.93. The van der Waals surface area contributed by atoms with Crippen molar-refractivity contribution in [2.24, 2.45) is 5.92 Å². The van der Waals surface area contributed by atoms with Crippen LogP contribution >= 0.6 is 11.8 Å². The average Bonchev–Trinajstić information content (AvgIpc) is 2.55. The van der Waals surface area contributed by atoms with E-state index in [4.69, 9.17) is 0 Å². The minimum Gasteiger partial charge on any atom is -0.355 e. The molecule has 5 nitrogen and oxygen atoms in total. The molecule has 1 aliphatic rings. The Labute approximate surface area is 142 Å². The molecule has 0 aromatic heterocycles. The summed E-state index contributed by atoms with van der Waals surface area (Å²) in [5.41, 5.74) is 0.767. The van der Waals surface area contributed by atoms with Crippen molar-refractivity contribution in [2.45, 2.75) is 36.8 Å². The maximum absolute atomic E-state index is 12.2. The number of piperidine rings is 1. The first-order valence-electron chi connectivity index (χ1n) is 8.07. The van der Waals surface area contributed by atoms with Crippen LogP contribution in [0.25, 0.3) is 0 Å². The highest BCUT2D eigenvalue weighted by atomic mass is 32.2. The summed E-state index contributed by atoms with van der Waals surface area (Å²) in [5, 5.41) is 9.00. The average molecular weight is 335 g/mol. The lowest BCUT2D eigenvalue weighted by Crippen LogP contribution is -2.40. The lowest BCUT2D eigenvalue weighted by Gasteiger charge is -2.23. The fraction of sp³-hybridized carbons (Fsp3) is 0.529. The molecule has 1 aliphatic heterocycles. The number of carbonyl (C=O) groups excluding carboxylic acids is 2. The first kappa shape index (κ1) is 17.8. The zero-order valence-electron chi connectivity index (χ0n) is 13.7. The zero-order chi connectivity index (χ0) is 16.7. The predicted molar refractivity (Wildman–Crippen MR) is 94.7 cm³/mol. The fourth-order valence-corrected chi connectivity index (χ4v) is 3.46. The first-order chi connectivity index (χ1) is 11.0. The number of hydrogen-bond donors (Lipinski definition) is 3. The van der Waals surface area contributed by atoms with E-state index in [-0.39, 0.29) is 17.1 Å². The van der Waals surface area contributed by atoms with Crippen molar-refractivity contribution in [1.29, 1.82) is 0 Å². The summed E-state index contributed by atoms with van der Waals surface area (Å²) in [5.74, 6) is 0.531. The normalized spacial score (nSPS) is 19.0. The van der Waals surface area contributed by atoms with Crippen LogP contribution in [0, 0.1) is 5.92 Å². The molecule has 0 spiro atoms. The van der Waals surface area contributed by atoms with Crippen molar-refractivity contribution in [3.63, 3.8) is 0 Å². The Morgan fingerprint density at radius 2 is 2.09 bits per heavy atom. The summed E-state index contributed by atoms with van der Waals surface area (Å²) in [6.45, 7) is 6.23. The van der Waals surface area contributed by atoms with E-state index in [2.05, 4.69) is 16.0 Å². The van der Waals surface area contributed by atoms with Crippen LogP contribution in [0.1, 0.15) is 26.7 Å². The fourth-order valence-electron chi connectivity index (χ4n) is 2.56. The molecule has 126 valence electrons. The number of nitrogens with one attached hydrogen (secondary N) is 3. The minimum absolute atomic E-state index is 0.0755. The highest BCUT2D eigenvalue weighted by molar-refractivity contribution is 8.00. The van der Waals surface area contributed by atoms with E-state index < -0.39 is 0 Å². The van der Waals surface area contributed by atoms with Gasteiger partial charge in [0.2, 0.25) is 11.8 Å². The Balaban J connectivity index is 1.77. The van der Waals surface area contributed by atoms with Gasteiger partial charge in [-0.25, -0.2) is 0 Å². The molecule has 1 saturated heterocycles. The number of rotatable bonds is 6. The number of thioether (sulfide) groups is 1. The third kappa shape index (κ3) is 6.23. The van der Waals surface area contributed by atoms with Crippen LogP contribution in [0.2, 0.25) is 0 Å². The van der Waals surface area contributed by atoms with Crippen molar-refractivity contribution in [1.82, 2.24) is 10.6 Å². The molecule has 1 aromatic rings. The SMILES string of the molecule is CC(=O)Nc1ccc(SC(C)C(=O)NCC2CCCNC2)cc1. The molecule has 0 radical (unpaired) electrons. The van der Waals surface area contributed by atoms with E-state index in [0.717, 1.165) is 30.2 Å². The van der Waals surface area contributed by atoms with Gasteiger partial charge in [-0.1, -0.05) is 0 Å². The van der Waals surface area contributed by atoms with Gasteiger partial charge in [-0.15, -0.1) is 11.8 Å². The van der Waals surface area contributed by atoms with E-state index in [0.29, 0.717) is 5.92 Å². The highest BCUT2D eigenvalue weighted by Crippen LogP contribution is 2.25. The number of anilines is 1. The maximum Gasteiger partial charge on any atom is 0.233 e. The quantitative estimate of drug-likeness (QED) is 0.697. The molecule has 1 fully saturated rings. The van der Waals surface area contributed by atoms with Crippen LogP contribution in [0.5, 0.6) is 0 Å². The molecule has 2 unspecified atom stereocenters. The summed E-state index contributed by atoms with van der Waals surface area (Å²) in [7, 11) is 0. The molecular formula is C17H25N3O2S. The number of carbonyl (C=O) groups is 2. The lowest BCUT2D eigenvalue weighted by molar-refractivity contribution is -0.120. The van der Waals surface area contributed by atoms with Crippen molar-refractivity contribution in [3.8, 4) is 0 Å². The molecule has 1 aromatic carbocycles. The van der Waals surface area contributed by atoms with Crippen molar-refractivity contribution in [2.75, 3.05) is 25.0 Å². The molecule has 3 N–H and O–H groups in total. The Kier molecular flexibility index (Phi) is 6.92. The van der Waals surface area contributed by atoms with Gasteiger partial charge in [0.15, 0.2) is 0 Å². The summed E-state index contributed by atoms with van der Waals surface area (Å²) in [6.07, 6.45) is 2.37. The minimum atomic E-state index is -0.141. The van der Waals surface area contributed by atoms with E-state index in [1.165, 1.54) is 31.5 Å². The molecule has 2 rings (SSSR count). The number of hydrogen-bond acceptors (Lipinski definition) is 4. The van der Waals surface area contributed by atoms with Crippen molar-refractivity contribution < 1.29 is 9.59 Å². The van der Waals surface area contributed by atoms with Crippen molar-refractivity contribution >= 4 is 29.3 Å². The summed E-state index contributed by atoms with van der Waals surface area (Å²) in [6, 6.07) is 7.54. The number of amides is 2. The van der Waals surface area contributed by atoms with E-state index in [9.17, 15) is 9.59 Å². The standard InChI is InChI=1S/C17H25N3O2S/c1-12(17(22)19-11-14-4-3-9-18-10-14)23-16-7-5-15(6-8-16)20-13(2)21/h5-8,12,14,18H,3-4,9-11H2,1-2H3,(H,19,22)(H,20,21). The Morgan fingerprint density at radius 3 is 2.70 bits per heavy atom. The molecule has 0 saturated carbocycles. The molecule has 1 heterocycles.